The van der Waals surface area contributed by atoms with Gasteiger partial charge in [0.25, 0.3) is 5.91 Å². The molecule has 0 aliphatic carbocycles. The number of carboxylic acid groups (broad SMARTS) is 1. The lowest BCUT2D eigenvalue weighted by Crippen LogP contribution is -2.24. The topological polar surface area (TPSA) is 92.4 Å². The largest absolute Gasteiger partial charge is 0.481 e. The van der Waals surface area contributed by atoms with Gasteiger partial charge in [-0.1, -0.05) is 6.42 Å². The molecule has 0 spiro atoms. The number of carboxylic acids is 1. The number of hydrogen-bond donors (Lipinski definition) is 2. The maximum Gasteiger partial charge on any atom is 0.416 e. The molecule has 0 fully saturated rings. The van der Waals surface area contributed by atoms with Gasteiger partial charge in [0.05, 0.1) is 5.56 Å². The molecule has 0 bridgehead atoms. The first kappa shape index (κ1) is 19.5. The number of oxazole rings is 1. The van der Waals surface area contributed by atoms with Crippen molar-refractivity contribution < 1.29 is 32.3 Å². The average molecular weight is 370 g/mol. The Balaban J connectivity index is 1.86. The summed E-state index contributed by atoms with van der Waals surface area (Å²) in [6, 6.07) is 4.27. The van der Waals surface area contributed by atoms with Crippen molar-refractivity contribution in [3.05, 3.63) is 41.8 Å². The number of carbonyl (C=O) groups excluding carboxylic acids is 1. The van der Waals surface area contributed by atoms with Crippen molar-refractivity contribution >= 4 is 11.9 Å². The number of aliphatic carboxylic acids is 1. The van der Waals surface area contributed by atoms with E-state index in [2.05, 4.69) is 10.3 Å². The van der Waals surface area contributed by atoms with Crippen LogP contribution in [0.3, 0.4) is 0 Å². The first-order valence-corrected chi connectivity index (χ1v) is 7.90. The van der Waals surface area contributed by atoms with Crippen LogP contribution in [0.15, 0.2) is 34.9 Å². The lowest BCUT2D eigenvalue weighted by Gasteiger charge is -2.06. The molecule has 0 aliphatic heterocycles. The molecular weight excluding hydrogens is 353 g/mol. The van der Waals surface area contributed by atoms with Crippen LogP contribution >= 0.6 is 0 Å². The molecule has 26 heavy (non-hydrogen) atoms. The zero-order chi connectivity index (χ0) is 19.2. The predicted molar refractivity (Wildman–Crippen MR) is 85.4 cm³/mol. The number of halogens is 3. The molecule has 2 rings (SSSR count). The minimum Gasteiger partial charge on any atom is -0.481 e. The second kappa shape index (κ2) is 8.50. The van der Waals surface area contributed by atoms with Gasteiger partial charge in [-0.15, -0.1) is 0 Å². The number of carbonyl (C=O) groups is 2. The van der Waals surface area contributed by atoms with Gasteiger partial charge in [0, 0.05) is 18.5 Å². The minimum atomic E-state index is -4.43. The Morgan fingerprint density at radius 2 is 1.81 bits per heavy atom. The number of hydrogen-bond acceptors (Lipinski definition) is 4. The predicted octanol–water partition coefficient (Wildman–Crippen LogP) is 3.74. The molecule has 1 amide bonds. The number of nitrogens with zero attached hydrogens (tertiary/aromatic N) is 1. The fourth-order valence-corrected chi connectivity index (χ4v) is 2.18. The van der Waals surface area contributed by atoms with Crippen molar-refractivity contribution in [1.82, 2.24) is 10.3 Å². The van der Waals surface area contributed by atoms with Crippen molar-refractivity contribution in [2.75, 3.05) is 6.54 Å². The Labute approximate surface area is 147 Å². The zero-order valence-electron chi connectivity index (χ0n) is 13.7. The van der Waals surface area contributed by atoms with E-state index < -0.39 is 23.6 Å². The summed E-state index contributed by atoms with van der Waals surface area (Å²) in [5, 5.41) is 11.1. The smallest absolute Gasteiger partial charge is 0.416 e. The van der Waals surface area contributed by atoms with E-state index in [0.717, 1.165) is 18.4 Å². The van der Waals surface area contributed by atoms with Crippen molar-refractivity contribution in [3.8, 4) is 11.5 Å². The Kier molecular flexibility index (Phi) is 6.37. The van der Waals surface area contributed by atoms with Crippen molar-refractivity contribution in [2.24, 2.45) is 0 Å². The van der Waals surface area contributed by atoms with Crippen molar-refractivity contribution in [1.29, 1.82) is 0 Å². The van der Waals surface area contributed by atoms with Crippen LogP contribution in [-0.2, 0) is 11.0 Å². The number of amides is 1. The Morgan fingerprint density at radius 3 is 2.42 bits per heavy atom. The molecular formula is C17H17F3N2O4. The first-order chi connectivity index (χ1) is 12.3. The van der Waals surface area contributed by atoms with E-state index in [9.17, 15) is 22.8 Å². The van der Waals surface area contributed by atoms with E-state index in [1.165, 1.54) is 12.1 Å². The van der Waals surface area contributed by atoms with Crippen LogP contribution in [0.5, 0.6) is 0 Å². The molecule has 0 aliphatic rings. The third kappa shape index (κ3) is 5.61. The van der Waals surface area contributed by atoms with Gasteiger partial charge in [-0.2, -0.15) is 13.2 Å². The molecule has 6 nitrogen and oxygen atoms in total. The van der Waals surface area contributed by atoms with Gasteiger partial charge < -0.3 is 14.8 Å². The van der Waals surface area contributed by atoms with Gasteiger partial charge in [-0.25, -0.2) is 4.98 Å². The summed E-state index contributed by atoms with van der Waals surface area (Å²) in [4.78, 5) is 26.3. The molecule has 1 aromatic carbocycles. The number of aromatic nitrogens is 1. The fraction of sp³-hybridized carbons (Fsp3) is 0.353. The van der Waals surface area contributed by atoms with Crippen molar-refractivity contribution in [2.45, 2.75) is 31.9 Å². The number of benzene rings is 1. The lowest BCUT2D eigenvalue weighted by molar-refractivity contribution is -0.138. The van der Waals surface area contributed by atoms with Gasteiger partial charge >= 0.3 is 12.1 Å². The second-order valence-electron chi connectivity index (χ2n) is 5.57. The van der Waals surface area contributed by atoms with Crippen LogP contribution in [0.1, 0.15) is 41.7 Å². The maximum absolute atomic E-state index is 12.5. The summed E-state index contributed by atoms with van der Waals surface area (Å²) in [5.74, 6) is -1.28. The quantitative estimate of drug-likeness (QED) is 0.691. The SMILES string of the molecule is O=C(O)CCCCCNC(=O)c1coc(-c2ccc(C(F)(F)F)cc2)n1. The standard InChI is InChI=1S/C17H17F3N2O4/c18-17(19,20)12-7-5-11(6-8-12)16-22-13(10-26-16)15(25)21-9-3-1-2-4-14(23)24/h5-8,10H,1-4,9H2,(H,21,25)(H,23,24). The van der Waals surface area contributed by atoms with E-state index in [-0.39, 0.29) is 18.0 Å². The van der Waals surface area contributed by atoms with E-state index >= 15 is 0 Å². The third-order valence-electron chi connectivity index (χ3n) is 3.55. The summed E-state index contributed by atoms with van der Waals surface area (Å²) in [6.45, 7) is 0.362. The van der Waals surface area contributed by atoms with Crippen LogP contribution in [-0.4, -0.2) is 28.5 Å². The van der Waals surface area contributed by atoms with Crippen molar-refractivity contribution in [3.63, 3.8) is 0 Å². The van der Waals surface area contributed by atoms with Gasteiger partial charge in [0.1, 0.15) is 6.26 Å². The molecule has 140 valence electrons. The van der Waals surface area contributed by atoms with Gasteiger partial charge in [0.15, 0.2) is 5.69 Å². The number of nitrogens with one attached hydrogen (secondary N) is 1. The Bertz CT molecular complexity index is 754. The minimum absolute atomic E-state index is 0.0189. The highest BCUT2D eigenvalue weighted by Gasteiger charge is 2.30. The molecule has 1 heterocycles. The lowest BCUT2D eigenvalue weighted by atomic mass is 10.1. The summed E-state index contributed by atoms with van der Waals surface area (Å²) in [5.41, 5.74) is -0.440. The number of alkyl halides is 3. The van der Waals surface area contributed by atoms with Crippen LogP contribution < -0.4 is 5.32 Å². The second-order valence-corrected chi connectivity index (χ2v) is 5.57. The van der Waals surface area contributed by atoms with Crippen LogP contribution in [0.2, 0.25) is 0 Å². The van der Waals surface area contributed by atoms with Crippen LogP contribution in [0.4, 0.5) is 13.2 Å². The molecule has 0 radical (unpaired) electrons. The molecule has 2 aromatic rings. The third-order valence-corrected chi connectivity index (χ3v) is 3.55. The molecule has 0 saturated carbocycles. The van der Waals surface area contributed by atoms with Gasteiger partial charge in [-0.05, 0) is 37.1 Å². The van der Waals surface area contributed by atoms with Gasteiger partial charge in [0.2, 0.25) is 5.89 Å². The van der Waals surface area contributed by atoms with Crippen LogP contribution in [0.25, 0.3) is 11.5 Å². The summed E-state index contributed by atoms with van der Waals surface area (Å²) in [6.07, 6.45) is -1.37. The van der Waals surface area contributed by atoms with E-state index in [1.54, 1.807) is 0 Å². The van der Waals surface area contributed by atoms with E-state index in [1.807, 2.05) is 0 Å². The highest BCUT2D eigenvalue weighted by Crippen LogP contribution is 2.30. The monoisotopic (exact) mass is 370 g/mol. The normalized spacial score (nSPS) is 11.3. The van der Waals surface area contributed by atoms with E-state index in [4.69, 9.17) is 9.52 Å². The molecule has 0 atom stereocenters. The zero-order valence-corrected chi connectivity index (χ0v) is 13.7. The highest BCUT2D eigenvalue weighted by molar-refractivity contribution is 5.92. The molecule has 1 aromatic heterocycles. The molecule has 0 unspecified atom stereocenters. The summed E-state index contributed by atoms with van der Waals surface area (Å²) in [7, 11) is 0. The Hall–Kier alpha value is -2.84. The number of rotatable bonds is 8. The molecule has 0 saturated heterocycles. The van der Waals surface area contributed by atoms with Gasteiger partial charge in [-0.3, -0.25) is 9.59 Å². The molecule has 2 N–H and O–H groups in total. The highest BCUT2D eigenvalue weighted by atomic mass is 19.4. The summed E-state index contributed by atoms with van der Waals surface area (Å²) < 4.78 is 42.8. The fourth-order valence-electron chi connectivity index (χ4n) is 2.18. The number of unbranched alkanes of at least 4 members (excludes halogenated alkanes) is 2. The Morgan fingerprint density at radius 1 is 1.12 bits per heavy atom. The first-order valence-electron chi connectivity index (χ1n) is 7.90. The van der Waals surface area contributed by atoms with Crippen LogP contribution in [0, 0.1) is 0 Å². The average Bonchev–Trinajstić information content (AvgIpc) is 3.07. The van der Waals surface area contributed by atoms with E-state index in [0.29, 0.717) is 31.4 Å². The molecule has 9 heteroatoms. The maximum atomic E-state index is 12.5. The summed E-state index contributed by atoms with van der Waals surface area (Å²) >= 11 is 0.